The fourth-order valence-electron chi connectivity index (χ4n) is 2.83. The summed E-state index contributed by atoms with van der Waals surface area (Å²) in [6.45, 7) is 1.10. The van der Waals surface area contributed by atoms with Gasteiger partial charge < -0.3 is 14.6 Å². The highest BCUT2D eigenvalue weighted by Gasteiger charge is 2.27. The molecule has 18 heavy (non-hydrogen) atoms. The number of aliphatic hydroxyl groups excluding tert-OH is 1. The van der Waals surface area contributed by atoms with E-state index in [9.17, 15) is 5.11 Å². The molecule has 0 bridgehead atoms. The maximum Gasteiger partial charge on any atom is 0.162 e. The van der Waals surface area contributed by atoms with E-state index in [1.54, 1.807) is 6.07 Å². The van der Waals surface area contributed by atoms with Crippen LogP contribution in [0.2, 0.25) is 5.02 Å². The van der Waals surface area contributed by atoms with Gasteiger partial charge >= 0.3 is 0 Å². The van der Waals surface area contributed by atoms with Crippen molar-refractivity contribution in [1.29, 1.82) is 0 Å². The molecule has 1 aromatic carbocycles. The molecule has 2 aliphatic rings. The van der Waals surface area contributed by atoms with Gasteiger partial charge in [0.05, 0.1) is 11.1 Å². The third-order valence-corrected chi connectivity index (χ3v) is 4.15. The number of ether oxygens (including phenoxy) is 2. The van der Waals surface area contributed by atoms with Gasteiger partial charge in [0.15, 0.2) is 11.5 Å². The number of hydrogen-bond donors (Lipinski definition) is 1. The van der Waals surface area contributed by atoms with Crippen molar-refractivity contribution in [3.63, 3.8) is 0 Å². The lowest BCUT2D eigenvalue weighted by Crippen LogP contribution is -2.16. The topological polar surface area (TPSA) is 38.7 Å². The molecule has 1 heterocycles. The molecular weight excluding hydrogens is 252 g/mol. The van der Waals surface area contributed by atoms with Crippen LogP contribution in [0.15, 0.2) is 12.1 Å². The van der Waals surface area contributed by atoms with Gasteiger partial charge in [-0.25, -0.2) is 0 Å². The summed E-state index contributed by atoms with van der Waals surface area (Å²) in [5, 5.41) is 11.0. The number of hydrogen-bond acceptors (Lipinski definition) is 3. The number of aliphatic hydroxyl groups is 1. The van der Waals surface area contributed by atoms with Gasteiger partial charge in [-0.3, -0.25) is 0 Å². The number of rotatable bonds is 2. The van der Waals surface area contributed by atoms with Gasteiger partial charge in [-0.2, -0.15) is 0 Å². The molecule has 0 saturated heterocycles. The van der Waals surface area contributed by atoms with Crippen molar-refractivity contribution in [3.8, 4) is 11.5 Å². The largest absolute Gasteiger partial charge is 0.486 e. The molecule has 0 amide bonds. The van der Waals surface area contributed by atoms with Crippen molar-refractivity contribution in [2.75, 3.05) is 13.2 Å². The molecule has 4 heteroatoms. The Balaban J connectivity index is 1.90. The van der Waals surface area contributed by atoms with Gasteiger partial charge in [0.1, 0.15) is 13.2 Å². The molecule has 1 aliphatic carbocycles. The Hall–Kier alpha value is -0.930. The summed E-state index contributed by atoms with van der Waals surface area (Å²) in [4.78, 5) is 0. The van der Waals surface area contributed by atoms with E-state index in [4.69, 9.17) is 21.1 Å². The summed E-state index contributed by atoms with van der Waals surface area (Å²) >= 11 is 6.24. The zero-order valence-corrected chi connectivity index (χ0v) is 10.9. The second kappa shape index (κ2) is 4.98. The highest BCUT2D eigenvalue weighted by atomic mass is 35.5. The molecule has 3 nitrogen and oxygen atoms in total. The third-order valence-electron chi connectivity index (χ3n) is 3.83. The zero-order valence-electron chi connectivity index (χ0n) is 10.2. The van der Waals surface area contributed by atoms with E-state index in [2.05, 4.69) is 0 Å². The Morgan fingerprint density at radius 3 is 2.39 bits per heavy atom. The third kappa shape index (κ3) is 2.17. The molecule has 0 aromatic heterocycles. The number of benzene rings is 1. The monoisotopic (exact) mass is 268 g/mol. The van der Waals surface area contributed by atoms with Crippen molar-refractivity contribution < 1.29 is 14.6 Å². The summed E-state index contributed by atoms with van der Waals surface area (Å²) in [7, 11) is 0. The van der Waals surface area contributed by atoms with Crippen molar-refractivity contribution in [2.24, 2.45) is 5.92 Å². The minimum Gasteiger partial charge on any atom is -0.486 e. The molecule has 1 fully saturated rings. The van der Waals surface area contributed by atoms with Crippen molar-refractivity contribution in [1.82, 2.24) is 0 Å². The highest BCUT2D eigenvalue weighted by molar-refractivity contribution is 6.31. The number of fused-ring (bicyclic) bond motifs is 1. The first-order valence-electron chi connectivity index (χ1n) is 6.53. The SMILES string of the molecule is OC(c1cc2c(cc1Cl)OCCO2)C1CCCC1. The first-order valence-corrected chi connectivity index (χ1v) is 6.90. The minimum absolute atomic E-state index is 0.324. The highest BCUT2D eigenvalue weighted by Crippen LogP contribution is 2.42. The Morgan fingerprint density at radius 1 is 1.11 bits per heavy atom. The van der Waals surface area contributed by atoms with Crippen LogP contribution >= 0.6 is 11.6 Å². The van der Waals surface area contributed by atoms with Crippen LogP contribution in [0.5, 0.6) is 11.5 Å². The van der Waals surface area contributed by atoms with Gasteiger partial charge in [-0.1, -0.05) is 24.4 Å². The lowest BCUT2D eigenvalue weighted by Gasteiger charge is -2.23. The van der Waals surface area contributed by atoms with E-state index < -0.39 is 6.10 Å². The molecule has 3 rings (SSSR count). The average Bonchev–Trinajstić information content (AvgIpc) is 2.91. The summed E-state index contributed by atoms with van der Waals surface area (Å²) in [6.07, 6.45) is 4.06. The van der Waals surface area contributed by atoms with Crippen LogP contribution in [-0.2, 0) is 0 Å². The quantitative estimate of drug-likeness (QED) is 0.894. The maximum atomic E-state index is 10.4. The van der Waals surface area contributed by atoms with Gasteiger partial charge in [0.2, 0.25) is 0 Å². The lowest BCUT2D eigenvalue weighted by atomic mass is 9.94. The molecular formula is C14H17ClO3. The predicted molar refractivity (Wildman–Crippen MR) is 69.4 cm³/mol. The van der Waals surface area contributed by atoms with E-state index in [-0.39, 0.29) is 0 Å². The van der Waals surface area contributed by atoms with Crippen LogP contribution < -0.4 is 9.47 Å². The van der Waals surface area contributed by atoms with E-state index in [1.165, 1.54) is 12.8 Å². The van der Waals surface area contributed by atoms with Crippen molar-refractivity contribution >= 4 is 11.6 Å². The Morgan fingerprint density at radius 2 is 1.72 bits per heavy atom. The van der Waals surface area contributed by atoms with Crippen LogP contribution in [-0.4, -0.2) is 18.3 Å². The minimum atomic E-state index is -0.490. The van der Waals surface area contributed by atoms with Gasteiger partial charge in [0, 0.05) is 11.6 Å². The van der Waals surface area contributed by atoms with Crippen LogP contribution in [0.1, 0.15) is 37.4 Å². The first-order chi connectivity index (χ1) is 8.75. The lowest BCUT2D eigenvalue weighted by molar-refractivity contribution is 0.110. The normalized spacial score (nSPS) is 21.0. The van der Waals surface area contributed by atoms with E-state index >= 15 is 0 Å². The van der Waals surface area contributed by atoms with Crippen molar-refractivity contribution in [2.45, 2.75) is 31.8 Å². The van der Waals surface area contributed by atoms with Crippen LogP contribution in [0, 0.1) is 5.92 Å². The average molecular weight is 269 g/mol. The van der Waals surface area contributed by atoms with Gasteiger partial charge in [-0.05, 0) is 24.8 Å². The number of halogens is 1. The molecule has 1 aliphatic heterocycles. The standard InChI is InChI=1S/C14H17ClO3/c15-11-8-13-12(17-5-6-18-13)7-10(11)14(16)9-3-1-2-4-9/h7-9,14,16H,1-6H2. The van der Waals surface area contributed by atoms with Crippen LogP contribution in [0.4, 0.5) is 0 Å². The van der Waals surface area contributed by atoms with Crippen LogP contribution in [0.25, 0.3) is 0 Å². The fraction of sp³-hybridized carbons (Fsp3) is 0.571. The smallest absolute Gasteiger partial charge is 0.162 e. The maximum absolute atomic E-state index is 10.4. The van der Waals surface area contributed by atoms with Gasteiger partial charge in [0.25, 0.3) is 0 Å². The van der Waals surface area contributed by atoms with Crippen LogP contribution in [0.3, 0.4) is 0 Å². The molecule has 0 spiro atoms. The van der Waals surface area contributed by atoms with Gasteiger partial charge in [-0.15, -0.1) is 0 Å². The Labute approximate surface area is 112 Å². The molecule has 1 unspecified atom stereocenters. The molecule has 1 aromatic rings. The fourth-order valence-corrected chi connectivity index (χ4v) is 3.10. The van der Waals surface area contributed by atoms with E-state index in [0.717, 1.165) is 18.4 Å². The first kappa shape index (κ1) is 12.1. The molecule has 1 saturated carbocycles. The summed E-state index contributed by atoms with van der Waals surface area (Å²) in [6, 6.07) is 3.59. The van der Waals surface area contributed by atoms with E-state index in [1.807, 2.05) is 6.07 Å². The van der Waals surface area contributed by atoms with E-state index in [0.29, 0.717) is 35.7 Å². The molecule has 1 N–H and O–H groups in total. The summed E-state index contributed by atoms with van der Waals surface area (Å²) in [5.41, 5.74) is 0.771. The molecule has 1 atom stereocenters. The molecule has 98 valence electrons. The molecule has 0 radical (unpaired) electrons. The summed E-state index contributed by atoms with van der Waals surface area (Å²) in [5.74, 6) is 1.69. The Bertz CT molecular complexity index is 441. The zero-order chi connectivity index (χ0) is 12.5. The second-order valence-electron chi connectivity index (χ2n) is 5.01. The second-order valence-corrected chi connectivity index (χ2v) is 5.41. The predicted octanol–water partition coefficient (Wildman–Crippen LogP) is 3.33. The van der Waals surface area contributed by atoms with Crippen molar-refractivity contribution in [3.05, 3.63) is 22.7 Å². The summed E-state index contributed by atoms with van der Waals surface area (Å²) < 4.78 is 11.0. The Kier molecular flexibility index (Phi) is 3.35.